The highest BCUT2D eigenvalue weighted by Gasteiger charge is 2.24. The van der Waals surface area contributed by atoms with Crippen LogP contribution in [0.15, 0.2) is 48.5 Å². The van der Waals surface area contributed by atoms with Gasteiger partial charge in [-0.2, -0.15) is 0 Å². The second-order valence-corrected chi connectivity index (χ2v) is 6.95. The molecule has 3 rings (SSSR count). The van der Waals surface area contributed by atoms with Crippen molar-refractivity contribution in [2.75, 3.05) is 32.8 Å². The van der Waals surface area contributed by atoms with Gasteiger partial charge in [-0.1, -0.05) is 42.0 Å². The van der Waals surface area contributed by atoms with Crippen molar-refractivity contribution >= 4 is 11.8 Å². The second-order valence-electron chi connectivity index (χ2n) is 6.95. The van der Waals surface area contributed by atoms with Crippen LogP contribution in [0, 0.1) is 6.92 Å². The third-order valence-electron chi connectivity index (χ3n) is 4.86. The van der Waals surface area contributed by atoms with E-state index in [9.17, 15) is 9.59 Å². The lowest BCUT2D eigenvalue weighted by Crippen LogP contribution is -3.13. The van der Waals surface area contributed by atoms with Gasteiger partial charge in [-0.25, -0.2) is 0 Å². The smallest absolute Gasteiger partial charge is 0.260 e. The van der Waals surface area contributed by atoms with E-state index in [1.807, 2.05) is 4.90 Å². The maximum absolute atomic E-state index is 12.4. The number of para-hydroxylation sites is 1. The predicted molar refractivity (Wildman–Crippen MR) is 103 cm³/mol. The van der Waals surface area contributed by atoms with Crippen LogP contribution in [0.1, 0.15) is 21.5 Å². The summed E-state index contributed by atoms with van der Waals surface area (Å²) in [4.78, 5) is 27.2. The minimum atomic E-state index is -0.564. The Kier molecular flexibility index (Phi) is 6.08. The number of benzene rings is 2. The summed E-state index contributed by atoms with van der Waals surface area (Å²) in [6, 6.07) is 15.3. The summed E-state index contributed by atoms with van der Waals surface area (Å²) >= 11 is 0. The monoisotopic (exact) mass is 368 g/mol. The molecule has 27 heavy (non-hydrogen) atoms. The van der Waals surface area contributed by atoms with E-state index in [2.05, 4.69) is 31.2 Å². The summed E-state index contributed by atoms with van der Waals surface area (Å²) in [5.41, 5.74) is 8.23. The Balaban J connectivity index is 1.48. The Morgan fingerprint density at radius 1 is 1.11 bits per heavy atom. The van der Waals surface area contributed by atoms with Crippen molar-refractivity contribution in [3.63, 3.8) is 0 Å². The number of aryl methyl sites for hydroxylation is 1. The summed E-state index contributed by atoms with van der Waals surface area (Å²) < 4.78 is 5.55. The lowest BCUT2D eigenvalue weighted by Gasteiger charge is -2.32. The number of carbonyl (C=O) groups is 2. The Labute approximate surface area is 159 Å². The molecule has 2 aromatic rings. The second kappa shape index (κ2) is 8.68. The highest BCUT2D eigenvalue weighted by molar-refractivity contribution is 5.95. The van der Waals surface area contributed by atoms with Crippen LogP contribution < -0.4 is 15.4 Å². The Morgan fingerprint density at radius 2 is 1.85 bits per heavy atom. The molecular weight excluding hydrogens is 342 g/mol. The number of nitrogens with one attached hydrogen (secondary N) is 1. The zero-order chi connectivity index (χ0) is 19.2. The topological polar surface area (TPSA) is 77.1 Å². The number of piperazine rings is 1. The first-order valence-electron chi connectivity index (χ1n) is 9.21. The Morgan fingerprint density at radius 3 is 2.56 bits per heavy atom. The molecule has 0 aliphatic carbocycles. The van der Waals surface area contributed by atoms with Crippen LogP contribution in [0.5, 0.6) is 5.75 Å². The molecule has 0 radical (unpaired) electrons. The lowest BCUT2D eigenvalue weighted by atomic mass is 10.1. The molecule has 1 aliphatic heterocycles. The van der Waals surface area contributed by atoms with E-state index in [-0.39, 0.29) is 18.1 Å². The molecular formula is C21H26N3O3+. The van der Waals surface area contributed by atoms with Gasteiger partial charge in [0.15, 0.2) is 6.61 Å². The maximum Gasteiger partial charge on any atom is 0.260 e. The zero-order valence-electron chi connectivity index (χ0n) is 15.6. The van der Waals surface area contributed by atoms with E-state index in [4.69, 9.17) is 10.5 Å². The number of ether oxygens (including phenoxy) is 1. The van der Waals surface area contributed by atoms with E-state index >= 15 is 0 Å². The number of nitrogens with two attached hydrogens (primary N) is 1. The van der Waals surface area contributed by atoms with Crippen LogP contribution in [0.25, 0.3) is 0 Å². The fourth-order valence-electron chi connectivity index (χ4n) is 3.39. The summed E-state index contributed by atoms with van der Waals surface area (Å²) in [5, 5.41) is 0. The minimum absolute atomic E-state index is 0.0659. The number of quaternary nitrogens is 1. The Hall–Kier alpha value is -2.86. The fraction of sp³-hybridized carbons (Fsp3) is 0.333. The summed E-state index contributed by atoms with van der Waals surface area (Å²) in [7, 11) is 0. The van der Waals surface area contributed by atoms with E-state index in [1.165, 1.54) is 16.0 Å². The highest BCUT2D eigenvalue weighted by Crippen LogP contribution is 2.17. The quantitative estimate of drug-likeness (QED) is 0.775. The van der Waals surface area contributed by atoms with Crippen LogP contribution in [-0.4, -0.2) is 49.5 Å². The number of amides is 2. The Bertz CT molecular complexity index is 814. The third-order valence-corrected chi connectivity index (χ3v) is 4.86. The van der Waals surface area contributed by atoms with E-state index < -0.39 is 5.91 Å². The molecule has 6 nitrogen and oxygen atoms in total. The van der Waals surface area contributed by atoms with Crippen molar-refractivity contribution in [3.05, 3.63) is 65.2 Å². The largest absolute Gasteiger partial charge is 0.483 e. The number of carbonyl (C=O) groups excluding carboxylic acids is 2. The first kappa shape index (κ1) is 18.9. The van der Waals surface area contributed by atoms with Crippen molar-refractivity contribution in [2.24, 2.45) is 5.73 Å². The SMILES string of the molecule is Cc1cccc(C[NH+]2CCN(C(=O)COc3ccccc3C(N)=O)CC2)c1. The van der Waals surface area contributed by atoms with Crippen molar-refractivity contribution < 1.29 is 19.2 Å². The lowest BCUT2D eigenvalue weighted by molar-refractivity contribution is -0.917. The molecule has 0 saturated carbocycles. The van der Waals surface area contributed by atoms with Gasteiger partial charge in [0.25, 0.3) is 11.8 Å². The van der Waals surface area contributed by atoms with E-state index in [0.29, 0.717) is 18.8 Å². The van der Waals surface area contributed by atoms with Crippen molar-refractivity contribution in [1.29, 1.82) is 0 Å². The van der Waals surface area contributed by atoms with Gasteiger partial charge in [-0.3, -0.25) is 9.59 Å². The third kappa shape index (κ3) is 5.08. The molecule has 1 heterocycles. The number of hydrogen-bond acceptors (Lipinski definition) is 3. The number of nitrogens with zero attached hydrogens (tertiary/aromatic N) is 1. The molecule has 2 aromatic carbocycles. The first-order chi connectivity index (χ1) is 13.0. The van der Waals surface area contributed by atoms with Crippen molar-refractivity contribution in [2.45, 2.75) is 13.5 Å². The minimum Gasteiger partial charge on any atom is -0.483 e. The van der Waals surface area contributed by atoms with Crippen molar-refractivity contribution in [1.82, 2.24) is 4.90 Å². The zero-order valence-corrected chi connectivity index (χ0v) is 15.6. The molecule has 0 aromatic heterocycles. The average Bonchev–Trinajstić information content (AvgIpc) is 2.67. The molecule has 142 valence electrons. The first-order valence-corrected chi connectivity index (χ1v) is 9.21. The van der Waals surface area contributed by atoms with Crippen LogP contribution in [0.2, 0.25) is 0 Å². The van der Waals surface area contributed by atoms with Gasteiger partial charge in [-0.05, 0) is 19.1 Å². The molecule has 0 atom stereocenters. The van der Waals surface area contributed by atoms with Crippen molar-refractivity contribution in [3.8, 4) is 5.75 Å². The molecule has 6 heteroatoms. The van der Waals surface area contributed by atoms with Gasteiger partial charge >= 0.3 is 0 Å². The average molecular weight is 368 g/mol. The molecule has 1 fully saturated rings. The van der Waals surface area contributed by atoms with Gasteiger partial charge in [0.05, 0.1) is 31.7 Å². The number of rotatable bonds is 6. The van der Waals surface area contributed by atoms with Gasteiger partial charge in [0, 0.05) is 5.56 Å². The van der Waals surface area contributed by atoms with Crippen LogP contribution in [0.4, 0.5) is 0 Å². The maximum atomic E-state index is 12.4. The van der Waals surface area contributed by atoms with Crippen LogP contribution in [-0.2, 0) is 11.3 Å². The molecule has 2 amide bonds. The molecule has 1 saturated heterocycles. The van der Waals surface area contributed by atoms with Gasteiger partial charge in [-0.15, -0.1) is 0 Å². The molecule has 0 spiro atoms. The van der Waals surface area contributed by atoms with Crippen LogP contribution in [0.3, 0.4) is 0 Å². The fourth-order valence-corrected chi connectivity index (χ4v) is 3.39. The predicted octanol–water partition coefficient (Wildman–Crippen LogP) is 0.400. The van der Waals surface area contributed by atoms with E-state index in [1.54, 1.807) is 24.3 Å². The highest BCUT2D eigenvalue weighted by atomic mass is 16.5. The van der Waals surface area contributed by atoms with Gasteiger partial charge in [0.1, 0.15) is 12.3 Å². The van der Waals surface area contributed by atoms with Gasteiger partial charge in [0.2, 0.25) is 0 Å². The molecule has 1 aliphatic rings. The molecule has 3 N–H and O–H groups in total. The number of primary amides is 1. The standard InChI is InChI=1S/C21H25N3O3/c1-16-5-4-6-17(13-16)14-23-9-11-24(12-10-23)20(25)15-27-19-8-3-2-7-18(19)21(22)26/h2-8,13H,9-12,14-15H2,1H3,(H2,22,26)/p+1. The molecule has 0 bridgehead atoms. The summed E-state index contributed by atoms with van der Waals surface area (Å²) in [6.45, 7) is 6.24. The summed E-state index contributed by atoms with van der Waals surface area (Å²) in [5.74, 6) is -0.280. The normalized spacial score (nSPS) is 14.8. The molecule has 0 unspecified atom stereocenters. The summed E-state index contributed by atoms with van der Waals surface area (Å²) in [6.07, 6.45) is 0. The van der Waals surface area contributed by atoms with E-state index in [0.717, 1.165) is 19.6 Å². The van der Waals surface area contributed by atoms with Crippen LogP contribution >= 0.6 is 0 Å². The number of hydrogen-bond donors (Lipinski definition) is 2. The van der Waals surface area contributed by atoms with Gasteiger partial charge < -0.3 is 20.3 Å².